The number of rotatable bonds is 4. The van der Waals surface area contributed by atoms with E-state index in [2.05, 4.69) is 12.2 Å². The molecule has 0 heterocycles. The monoisotopic (exact) mass is 215 g/mol. The van der Waals surface area contributed by atoms with Gasteiger partial charge in [0, 0.05) is 18.1 Å². The third kappa shape index (κ3) is 4.47. The van der Waals surface area contributed by atoms with Crippen molar-refractivity contribution in [2.24, 2.45) is 5.92 Å². The van der Waals surface area contributed by atoms with E-state index < -0.39 is 0 Å². The molecule has 2 heteroatoms. The van der Waals surface area contributed by atoms with E-state index in [1.165, 1.54) is 38.5 Å². The van der Waals surface area contributed by atoms with Crippen LogP contribution in [-0.4, -0.2) is 12.6 Å². The Morgan fingerprint density at radius 3 is 2.50 bits per heavy atom. The van der Waals surface area contributed by atoms with E-state index in [1.54, 1.807) is 5.54 Å². The first-order valence-corrected chi connectivity index (χ1v) is 6.27. The van der Waals surface area contributed by atoms with Crippen LogP contribution in [0.3, 0.4) is 0 Å². The standard InChI is InChI=1S/C12H22ClN/c1-11(14-10-6-9-13)12-7-4-2-3-5-8-12/h6,9,11-12,14H,2-5,7-8,10H2,1H3/b9-6+/t11-/m0/s1. The molecule has 0 aliphatic heterocycles. The van der Waals surface area contributed by atoms with E-state index in [9.17, 15) is 0 Å². The highest BCUT2D eigenvalue weighted by Gasteiger charge is 2.17. The van der Waals surface area contributed by atoms with Gasteiger partial charge < -0.3 is 5.32 Å². The molecule has 0 bridgehead atoms. The summed E-state index contributed by atoms with van der Waals surface area (Å²) in [6.45, 7) is 3.21. The zero-order valence-corrected chi connectivity index (χ0v) is 9.89. The fourth-order valence-corrected chi connectivity index (χ4v) is 2.37. The van der Waals surface area contributed by atoms with Crippen LogP contribution in [0.4, 0.5) is 0 Å². The third-order valence-electron chi connectivity index (χ3n) is 3.25. The first-order chi connectivity index (χ1) is 6.84. The van der Waals surface area contributed by atoms with Gasteiger partial charge in [0.05, 0.1) is 0 Å². The van der Waals surface area contributed by atoms with Crippen LogP contribution >= 0.6 is 11.6 Å². The Kier molecular flexibility index (Phi) is 6.29. The highest BCUT2D eigenvalue weighted by molar-refractivity contribution is 6.25. The number of hydrogen-bond acceptors (Lipinski definition) is 1. The maximum absolute atomic E-state index is 5.48. The van der Waals surface area contributed by atoms with Crippen LogP contribution in [0.5, 0.6) is 0 Å². The molecule has 0 radical (unpaired) electrons. The molecule has 82 valence electrons. The molecular formula is C12H22ClN. The number of hydrogen-bond donors (Lipinski definition) is 1. The Labute approximate surface area is 92.9 Å². The fourth-order valence-electron chi connectivity index (χ4n) is 2.28. The van der Waals surface area contributed by atoms with Crippen LogP contribution in [0, 0.1) is 5.92 Å². The molecule has 0 aromatic rings. The van der Waals surface area contributed by atoms with Crippen LogP contribution in [0.25, 0.3) is 0 Å². The lowest BCUT2D eigenvalue weighted by atomic mass is 9.93. The van der Waals surface area contributed by atoms with E-state index in [1.807, 2.05) is 6.08 Å². The van der Waals surface area contributed by atoms with Crippen LogP contribution in [0.1, 0.15) is 45.4 Å². The molecule has 0 saturated heterocycles. The van der Waals surface area contributed by atoms with Crippen molar-refractivity contribution in [3.8, 4) is 0 Å². The topological polar surface area (TPSA) is 12.0 Å². The van der Waals surface area contributed by atoms with Gasteiger partial charge in [-0.3, -0.25) is 0 Å². The second kappa shape index (κ2) is 7.30. The molecule has 0 spiro atoms. The highest BCUT2D eigenvalue weighted by Crippen LogP contribution is 2.25. The summed E-state index contributed by atoms with van der Waals surface area (Å²) in [7, 11) is 0. The summed E-state index contributed by atoms with van der Waals surface area (Å²) in [5, 5.41) is 3.51. The van der Waals surface area contributed by atoms with Crippen molar-refractivity contribution in [3.63, 3.8) is 0 Å². The second-order valence-electron chi connectivity index (χ2n) is 4.31. The minimum Gasteiger partial charge on any atom is -0.310 e. The summed E-state index contributed by atoms with van der Waals surface area (Å²) < 4.78 is 0. The SMILES string of the molecule is C[C@H](NC/C=C/Cl)C1CCCCCC1. The first-order valence-electron chi connectivity index (χ1n) is 5.83. The van der Waals surface area contributed by atoms with Crippen molar-refractivity contribution in [1.82, 2.24) is 5.32 Å². The molecule has 0 amide bonds. The van der Waals surface area contributed by atoms with E-state index in [4.69, 9.17) is 11.6 Å². The van der Waals surface area contributed by atoms with Crippen LogP contribution in [0.15, 0.2) is 11.6 Å². The van der Waals surface area contributed by atoms with E-state index in [0.29, 0.717) is 6.04 Å². The molecule has 0 unspecified atom stereocenters. The largest absolute Gasteiger partial charge is 0.310 e. The third-order valence-corrected chi connectivity index (χ3v) is 3.43. The molecule has 1 aliphatic rings. The van der Waals surface area contributed by atoms with Gasteiger partial charge in [0.15, 0.2) is 0 Å². The van der Waals surface area contributed by atoms with Crippen LogP contribution < -0.4 is 5.32 Å². The molecule has 0 aromatic carbocycles. The van der Waals surface area contributed by atoms with Gasteiger partial charge >= 0.3 is 0 Å². The van der Waals surface area contributed by atoms with Crippen molar-refractivity contribution in [2.75, 3.05) is 6.54 Å². The van der Waals surface area contributed by atoms with E-state index in [0.717, 1.165) is 12.5 Å². The highest BCUT2D eigenvalue weighted by atomic mass is 35.5. The summed E-state index contributed by atoms with van der Waals surface area (Å²) >= 11 is 5.48. The van der Waals surface area contributed by atoms with Gasteiger partial charge in [-0.15, -0.1) is 0 Å². The van der Waals surface area contributed by atoms with Gasteiger partial charge in [0.25, 0.3) is 0 Å². The molecule has 1 atom stereocenters. The predicted molar refractivity (Wildman–Crippen MR) is 63.6 cm³/mol. The Morgan fingerprint density at radius 2 is 1.93 bits per heavy atom. The first kappa shape index (κ1) is 12.1. The van der Waals surface area contributed by atoms with Crippen molar-refractivity contribution in [1.29, 1.82) is 0 Å². The van der Waals surface area contributed by atoms with Gasteiger partial charge in [-0.1, -0.05) is 43.4 Å². The molecule has 1 N–H and O–H groups in total. The van der Waals surface area contributed by atoms with Gasteiger partial charge in [-0.25, -0.2) is 0 Å². The maximum Gasteiger partial charge on any atom is 0.0149 e. The Morgan fingerprint density at radius 1 is 1.29 bits per heavy atom. The summed E-state index contributed by atoms with van der Waals surface area (Å²) in [6.07, 6.45) is 10.5. The van der Waals surface area contributed by atoms with Gasteiger partial charge in [-0.05, 0) is 25.7 Å². The predicted octanol–water partition coefficient (Wildman–Crippen LogP) is 3.69. The smallest absolute Gasteiger partial charge is 0.0149 e. The Hall–Kier alpha value is -0.0100. The molecule has 1 saturated carbocycles. The molecule has 14 heavy (non-hydrogen) atoms. The quantitative estimate of drug-likeness (QED) is 0.706. The minimum absolute atomic E-state index is 0.640. The zero-order chi connectivity index (χ0) is 10.2. The van der Waals surface area contributed by atoms with Gasteiger partial charge in [0.1, 0.15) is 0 Å². The minimum atomic E-state index is 0.640. The van der Waals surface area contributed by atoms with Crippen molar-refractivity contribution in [2.45, 2.75) is 51.5 Å². The van der Waals surface area contributed by atoms with Gasteiger partial charge in [0.2, 0.25) is 0 Å². The average molecular weight is 216 g/mol. The fraction of sp³-hybridized carbons (Fsp3) is 0.833. The van der Waals surface area contributed by atoms with Gasteiger partial charge in [-0.2, -0.15) is 0 Å². The lowest BCUT2D eigenvalue weighted by molar-refractivity contribution is 0.347. The summed E-state index contributed by atoms with van der Waals surface area (Å²) in [4.78, 5) is 0. The molecule has 1 fully saturated rings. The van der Waals surface area contributed by atoms with Crippen LogP contribution in [0.2, 0.25) is 0 Å². The Balaban J connectivity index is 2.23. The van der Waals surface area contributed by atoms with Crippen molar-refractivity contribution >= 4 is 11.6 Å². The zero-order valence-electron chi connectivity index (χ0n) is 9.14. The lowest BCUT2D eigenvalue weighted by Gasteiger charge is -2.22. The molecule has 1 nitrogen and oxygen atoms in total. The molecule has 1 aliphatic carbocycles. The van der Waals surface area contributed by atoms with E-state index in [-0.39, 0.29) is 0 Å². The maximum atomic E-state index is 5.48. The molecule has 1 rings (SSSR count). The molecular weight excluding hydrogens is 194 g/mol. The lowest BCUT2D eigenvalue weighted by Crippen LogP contribution is -2.33. The summed E-state index contributed by atoms with van der Waals surface area (Å²) in [5.41, 5.74) is 1.59. The van der Waals surface area contributed by atoms with Crippen molar-refractivity contribution < 1.29 is 0 Å². The Bertz CT molecular complexity index is 160. The van der Waals surface area contributed by atoms with Crippen LogP contribution in [-0.2, 0) is 0 Å². The number of halogens is 1. The van der Waals surface area contributed by atoms with Crippen molar-refractivity contribution in [3.05, 3.63) is 11.6 Å². The summed E-state index contributed by atoms with van der Waals surface area (Å²) in [5.74, 6) is 0.876. The number of nitrogens with one attached hydrogen (secondary N) is 1. The normalized spacial score (nSPS) is 22.4. The average Bonchev–Trinajstić information content (AvgIpc) is 2.46. The van der Waals surface area contributed by atoms with E-state index >= 15 is 0 Å². The molecule has 0 aromatic heterocycles. The second-order valence-corrected chi connectivity index (χ2v) is 4.56. The summed E-state index contributed by atoms with van der Waals surface area (Å²) in [6, 6.07) is 0.640.